The topological polar surface area (TPSA) is 87.7 Å². The van der Waals surface area contributed by atoms with Crippen LogP contribution in [0.25, 0.3) is 0 Å². The van der Waals surface area contributed by atoms with Crippen LogP contribution in [0.5, 0.6) is 0 Å². The van der Waals surface area contributed by atoms with E-state index in [1.54, 1.807) is 36.1 Å². The molecule has 0 atom stereocenters. The summed E-state index contributed by atoms with van der Waals surface area (Å²) in [6, 6.07) is 7.09. The third-order valence-electron chi connectivity index (χ3n) is 4.13. The Balaban J connectivity index is 1.70. The first-order valence-corrected chi connectivity index (χ1v) is 8.55. The Hall–Kier alpha value is -2.57. The normalized spacial score (nSPS) is 14.7. The van der Waals surface area contributed by atoms with Crippen LogP contribution >= 0.6 is 0 Å². The molecule has 1 fully saturated rings. The van der Waals surface area contributed by atoms with Crippen LogP contribution in [-0.4, -0.2) is 55.0 Å². The zero-order valence-electron chi connectivity index (χ0n) is 14.7. The predicted molar refractivity (Wildman–Crippen MR) is 94.7 cm³/mol. The highest BCUT2D eigenvalue weighted by Gasteiger charge is 2.24. The van der Waals surface area contributed by atoms with E-state index >= 15 is 0 Å². The Labute approximate surface area is 147 Å². The van der Waals surface area contributed by atoms with Crippen LogP contribution in [0.15, 0.2) is 24.3 Å². The Morgan fingerprint density at radius 3 is 2.36 bits per heavy atom. The molecular formula is C18H25N3O4. The lowest BCUT2D eigenvalue weighted by Crippen LogP contribution is -2.47. The number of piperidine rings is 1. The zero-order valence-corrected chi connectivity index (χ0v) is 14.7. The van der Waals surface area contributed by atoms with Crippen LogP contribution in [-0.2, 0) is 9.53 Å². The number of likely N-dealkylation sites (tertiary alicyclic amines) is 1. The van der Waals surface area contributed by atoms with Crippen molar-refractivity contribution in [3.8, 4) is 0 Å². The quantitative estimate of drug-likeness (QED) is 0.769. The number of anilines is 1. The summed E-state index contributed by atoms with van der Waals surface area (Å²) in [5.41, 5.74) is 1.43. The molecule has 1 aliphatic heterocycles. The number of nitrogens with one attached hydrogen (secondary N) is 2. The van der Waals surface area contributed by atoms with Crippen molar-refractivity contribution in [2.45, 2.75) is 32.7 Å². The second kappa shape index (κ2) is 9.05. The SMILES string of the molecule is CCOC(=O)N1CCC(NC(=O)CNc2ccc(C(C)=O)cc2)CC1. The number of amides is 2. The predicted octanol–water partition coefficient (Wildman–Crippen LogP) is 2.04. The summed E-state index contributed by atoms with van der Waals surface area (Å²) in [4.78, 5) is 36.6. The third-order valence-corrected chi connectivity index (χ3v) is 4.13. The van der Waals surface area contributed by atoms with Crippen LogP contribution < -0.4 is 10.6 Å². The molecule has 0 saturated carbocycles. The molecule has 0 bridgehead atoms. The number of carbonyl (C=O) groups is 3. The van der Waals surface area contributed by atoms with Gasteiger partial charge in [0.2, 0.25) is 5.91 Å². The molecule has 0 aromatic heterocycles. The van der Waals surface area contributed by atoms with Crippen molar-refractivity contribution in [1.82, 2.24) is 10.2 Å². The average molecular weight is 347 g/mol. The largest absolute Gasteiger partial charge is 0.450 e. The zero-order chi connectivity index (χ0) is 18.2. The van der Waals surface area contributed by atoms with Gasteiger partial charge in [0.25, 0.3) is 0 Å². The smallest absolute Gasteiger partial charge is 0.409 e. The summed E-state index contributed by atoms with van der Waals surface area (Å²) < 4.78 is 4.98. The Bertz CT molecular complexity index is 607. The van der Waals surface area contributed by atoms with Gasteiger partial charge in [-0.1, -0.05) is 0 Å². The molecule has 7 nitrogen and oxygen atoms in total. The first-order valence-electron chi connectivity index (χ1n) is 8.55. The standard InChI is InChI=1S/C18H25N3O4/c1-3-25-18(24)21-10-8-16(9-11-21)20-17(23)12-19-15-6-4-14(5-7-15)13(2)22/h4-7,16,19H,3,8-12H2,1-2H3,(H,20,23). The van der Waals surface area contributed by atoms with Gasteiger partial charge in [0.1, 0.15) is 0 Å². The highest BCUT2D eigenvalue weighted by atomic mass is 16.6. The van der Waals surface area contributed by atoms with Crippen LogP contribution in [0.4, 0.5) is 10.5 Å². The molecule has 7 heteroatoms. The Kier molecular flexibility index (Phi) is 6.80. The summed E-state index contributed by atoms with van der Waals surface area (Å²) in [6.07, 6.45) is 1.15. The van der Waals surface area contributed by atoms with Crippen LogP contribution in [0, 0.1) is 0 Å². The van der Waals surface area contributed by atoms with Gasteiger partial charge < -0.3 is 20.3 Å². The van der Waals surface area contributed by atoms with Gasteiger partial charge in [-0.3, -0.25) is 9.59 Å². The molecule has 2 amide bonds. The molecule has 1 aliphatic rings. The van der Waals surface area contributed by atoms with E-state index in [1.807, 2.05) is 0 Å². The number of Topliss-reactive ketones (excluding diaryl/α,β-unsaturated/α-hetero) is 1. The maximum Gasteiger partial charge on any atom is 0.409 e. The summed E-state index contributed by atoms with van der Waals surface area (Å²) in [6.45, 7) is 5.01. The molecule has 1 heterocycles. The second-order valence-corrected chi connectivity index (χ2v) is 6.01. The molecule has 2 rings (SSSR count). The lowest BCUT2D eigenvalue weighted by Gasteiger charge is -2.31. The van der Waals surface area contributed by atoms with Crippen LogP contribution in [0.1, 0.15) is 37.0 Å². The van der Waals surface area contributed by atoms with Crippen molar-refractivity contribution in [2.24, 2.45) is 0 Å². The van der Waals surface area contributed by atoms with Gasteiger partial charge in [-0.05, 0) is 51.0 Å². The van der Waals surface area contributed by atoms with E-state index in [2.05, 4.69) is 10.6 Å². The van der Waals surface area contributed by atoms with Crippen molar-refractivity contribution >= 4 is 23.5 Å². The van der Waals surface area contributed by atoms with Gasteiger partial charge in [-0.2, -0.15) is 0 Å². The van der Waals surface area contributed by atoms with Crippen molar-refractivity contribution in [3.05, 3.63) is 29.8 Å². The number of ketones is 1. The van der Waals surface area contributed by atoms with Crippen molar-refractivity contribution < 1.29 is 19.1 Å². The fourth-order valence-corrected chi connectivity index (χ4v) is 2.70. The summed E-state index contributed by atoms with van der Waals surface area (Å²) in [5.74, 6) is -0.0799. The minimum absolute atomic E-state index is 0.0125. The summed E-state index contributed by atoms with van der Waals surface area (Å²) >= 11 is 0. The molecule has 1 aromatic carbocycles. The van der Waals surface area contributed by atoms with Crippen LogP contribution in [0.2, 0.25) is 0 Å². The van der Waals surface area contributed by atoms with Crippen molar-refractivity contribution in [3.63, 3.8) is 0 Å². The highest BCUT2D eigenvalue weighted by molar-refractivity contribution is 5.94. The summed E-state index contributed by atoms with van der Waals surface area (Å²) in [7, 11) is 0. The van der Waals surface area contributed by atoms with Crippen molar-refractivity contribution in [1.29, 1.82) is 0 Å². The molecule has 1 aromatic rings. The van der Waals surface area contributed by atoms with E-state index in [1.165, 1.54) is 6.92 Å². The van der Waals surface area contributed by atoms with E-state index in [0.717, 1.165) is 18.5 Å². The fourth-order valence-electron chi connectivity index (χ4n) is 2.70. The van der Waals surface area contributed by atoms with Gasteiger partial charge in [-0.25, -0.2) is 4.79 Å². The molecule has 1 saturated heterocycles. The molecule has 136 valence electrons. The number of benzene rings is 1. The van der Waals surface area contributed by atoms with Gasteiger partial charge in [0, 0.05) is 30.4 Å². The molecular weight excluding hydrogens is 322 g/mol. The van der Waals surface area contributed by atoms with E-state index < -0.39 is 0 Å². The van der Waals surface area contributed by atoms with Gasteiger partial charge in [0.05, 0.1) is 13.2 Å². The van der Waals surface area contributed by atoms with E-state index in [-0.39, 0.29) is 30.4 Å². The first kappa shape index (κ1) is 18.8. The van der Waals surface area contributed by atoms with E-state index in [0.29, 0.717) is 25.3 Å². The number of hydrogen-bond donors (Lipinski definition) is 2. The fraction of sp³-hybridized carbons (Fsp3) is 0.500. The minimum Gasteiger partial charge on any atom is -0.450 e. The maximum absolute atomic E-state index is 12.0. The van der Waals surface area contributed by atoms with Crippen molar-refractivity contribution in [2.75, 3.05) is 31.6 Å². The highest BCUT2D eigenvalue weighted by Crippen LogP contribution is 2.12. The monoisotopic (exact) mass is 347 g/mol. The lowest BCUT2D eigenvalue weighted by molar-refractivity contribution is -0.120. The number of nitrogens with zero attached hydrogens (tertiary/aromatic N) is 1. The average Bonchev–Trinajstić information content (AvgIpc) is 2.61. The molecule has 0 radical (unpaired) electrons. The second-order valence-electron chi connectivity index (χ2n) is 6.01. The number of ether oxygens (including phenoxy) is 1. The van der Waals surface area contributed by atoms with E-state index in [9.17, 15) is 14.4 Å². The van der Waals surface area contributed by atoms with Crippen LogP contribution in [0.3, 0.4) is 0 Å². The Morgan fingerprint density at radius 2 is 1.80 bits per heavy atom. The number of hydrogen-bond acceptors (Lipinski definition) is 5. The van der Waals surface area contributed by atoms with Gasteiger partial charge in [0.15, 0.2) is 5.78 Å². The summed E-state index contributed by atoms with van der Waals surface area (Å²) in [5, 5.41) is 6.01. The molecule has 2 N–H and O–H groups in total. The third kappa shape index (κ3) is 5.77. The number of rotatable bonds is 6. The van der Waals surface area contributed by atoms with Gasteiger partial charge in [-0.15, -0.1) is 0 Å². The lowest BCUT2D eigenvalue weighted by atomic mass is 10.1. The Morgan fingerprint density at radius 1 is 1.16 bits per heavy atom. The first-order chi connectivity index (χ1) is 12.0. The molecule has 0 aliphatic carbocycles. The molecule has 25 heavy (non-hydrogen) atoms. The number of carbonyl (C=O) groups excluding carboxylic acids is 3. The molecule has 0 spiro atoms. The molecule has 0 unspecified atom stereocenters. The maximum atomic E-state index is 12.0. The van der Waals surface area contributed by atoms with E-state index in [4.69, 9.17) is 4.74 Å². The minimum atomic E-state index is -0.289. The van der Waals surface area contributed by atoms with Gasteiger partial charge >= 0.3 is 6.09 Å².